The summed E-state index contributed by atoms with van der Waals surface area (Å²) in [6, 6.07) is -0.332. The summed E-state index contributed by atoms with van der Waals surface area (Å²) < 4.78 is 0. The van der Waals surface area contributed by atoms with Gasteiger partial charge in [-0.3, -0.25) is 0 Å². The molecule has 1 aliphatic heterocycles. The van der Waals surface area contributed by atoms with Gasteiger partial charge in [0.05, 0.1) is 0 Å². The van der Waals surface area contributed by atoms with Crippen LogP contribution in [0.25, 0.3) is 0 Å². The normalized spacial score (nSPS) is 25.8. The molecule has 1 aliphatic carbocycles. The Morgan fingerprint density at radius 1 is 1.26 bits per heavy atom. The Morgan fingerprint density at radius 3 is 2.58 bits per heavy atom. The van der Waals surface area contributed by atoms with Crippen LogP contribution in [0.3, 0.4) is 0 Å². The number of amides is 2. The zero-order valence-corrected chi connectivity index (χ0v) is 11.9. The summed E-state index contributed by atoms with van der Waals surface area (Å²) in [5.74, 6) is 1.87. The first-order chi connectivity index (χ1) is 9.12. The zero-order chi connectivity index (χ0) is 13.7. The molecule has 6 heteroatoms. The number of nitrogens with one attached hydrogen (secondary N) is 2. The van der Waals surface area contributed by atoms with Crippen molar-refractivity contribution in [3.63, 3.8) is 0 Å². The van der Waals surface area contributed by atoms with Crippen LogP contribution in [0.5, 0.6) is 0 Å². The second-order valence-corrected chi connectivity index (χ2v) is 6.66. The van der Waals surface area contributed by atoms with Gasteiger partial charge < -0.3 is 15.7 Å². The van der Waals surface area contributed by atoms with Crippen molar-refractivity contribution in [2.45, 2.75) is 44.1 Å². The lowest BCUT2D eigenvalue weighted by Crippen LogP contribution is -2.58. The van der Waals surface area contributed by atoms with Gasteiger partial charge in [-0.1, -0.05) is 19.3 Å². The van der Waals surface area contributed by atoms with Crippen LogP contribution in [0, 0.1) is 5.92 Å². The van der Waals surface area contributed by atoms with E-state index >= 15 is 0 Å². The molecule has 1 saturated heterocycles. The van der Waals surface area contributed by atoms with Gasteiger partial charge in [-0.2, -0.15) is 11.8 Å². The standard InChI is InChI=1S/C13H22N2O3S/c16-11(17)13(5-2-1-3-6-13)15-12(18)14-8-10-4-7-19-9-10/h10H,1-9H2,(H,16,17)(H2,14,15,18). The van der Waals surface area contributed by atoms with Crippen LogP contribution >= 0.6 is 11.8 Å². The van der Waals surface area contributed by atoms with Gasteiger partial charge in [0.15, 0.2) is 0 Å². The predicted octanol–water partition coefficient (Wildman–Crippen LogP) is 1.83. The molecule has 0 aromatic heterocycles. The van der Waals surface area contributed by atoms with Gasteiger partial charge >= 0.3 is 12.0 Å². The molecule has 2 rings (SSSR count). The van der Waals surface area contributed by atoms with Crippen molar-refractivity contribution in [2.24, 2.45) is 5.92 Å². The van der Waals surface area contributed by atoms with E-state index in [1.54, 1.807) is 0 Å². The Bertz CT molecular complexity index is 337. The highest BCUT2D eigenvalue weighted by Gasteiger charge is 2.41. The minimum Gasteiger partial charge on any atom is -0.480 e. The minimum absolute atomic E-state index is 0.332. The number of aliphatic carboxylic acids is 1. The molecule has 1 heterocycles. The largest absolute Gasteiger partial charge is 0.480 e. The van der Waals surface area contributed by atoms with Crippen molar-refractivity contribution in [1.82, 2.24) is 10.6 Å². The van der Waals surface area contributed by atoms with E-state index in [4.69, 9.17) is 0 Å². The highest BCUT2D eigenvalue weighted by Crippen LogP contribution is 2.28. The number of carbonyl (C=O) groups excluding carboxylic acids is 1. The van der Waals surface area contributed by atoms with Crippen LogP contribution in [0.15, 0.2) is 0 Å². The third-order valence-corrected chi connectivity index (χ3v) is 5.28. The average Bonchev–Trinajstić information content (AvgIpc) is 2.90. The highest BCUT2D eigenvalue weighted by atomic mass is 32.2. The molecule has 1 atom stereocenters. The lowest BCUT2D eigenvalue weighted by molar-refractivity contribution is -0.145. The maximum atomic E-state index is 11.9. The number of carboxylic acids is 1. The Morgan fingerprint density at radius 2 is 2.00 bits per heavy atom. The number of rotatable bonds is 4. The van der Waals surface area contributed by atoms with Gasteiger partial charge in [0.25, 0.3) is 0 Å². The molecule has 2 fully saturated rings. The van der Waals surface area contributed by atoms with Gasteiger partial charge in [0.2, 0.25) is 0 Å². The topological polar surface area (TPSA) is 78.4 Å². The van der Waals surface area contributed by atoms with Crippen molar-refractivity contribution in [3.05, 3.63) is 0 Å². The molecule has 108 valence electrons. The van der Waals surface area contributed by atoms with E-state index in [1.807, 2.05) is 11.8 Å². The molecule has 0 aromatic carbocycles. The average molecular weight is 286 g/mol. The summed E-state index contributed by atoms with van der Waals surface area (Å²) >= 11 is 1.91. The Kier molecular flexibility index (Phi) is 4.96. The molecule has 2 aliphatic rings. The Balaban J connectivity index is 1.82. The fourth-order valence-electron chi connectivity index (χ4n) is 2.79. The number of thioether (sulfide) groups is 1. The van der Waals surface area contributed by atoms with Gasteiger partial charge in [0, 0.05) is 6.54 Å². The summed E-state index contributed by atoms with van der Waals surface area (Å²) in [6.07, 6.45) is 4.99. The summed E-state index contributed by atoms with van der Waals surface area (Å²) in [5.41, 5.74) is -1.05. The molecule has 2 amide bonds. The second kappa shape index (κ2) is 6.50. The van der Waals surface area contributed by atoms with Gasteiger partial charge in [-0.25, -0.2) is 9.59 Å². The Hall–Kier alpha value is -0.910. The second-order valence-electron chi connectivity index (χ2n) is 5.51. The van der Waals surface area contributed by atoms with E-state index in [1.165, 1.54) is 0 Å². The lowest BCUT2D eigenvalue weighted by atomic mass is 9.82. The first-order valence-corrected chi connectivity index (χ1v) is 8.15. The van der Waals surface area contributed by atoms with Crippen LogP contribution in [0.1, 0.15) is 38.5 Å². The lowest BCUT2D eigenvalue weighted by Gasteiger charge is -2.34. The Labute approximate surface area is 117 Å². The zero-order valence-electron chi connectivity index (χ0n) is 11.1. The van der Waals surface area contributed by atoms with E-state index in [-0.39, 0.29) is 6.03 Å². The van der Waals surface area contributed by atoms with Crippen molar-refractivity contribution in [1.29, 1.82) is 0 Å². The van der Waals surface area contributed by atoms with E-state index in [2.05, 4.69) is 10.6 Å². The molecular formula is C13H22N2O3S. The minimum atomic E-state index is -1.05. The van der Waals surface area contributed by atoms with Crippen LogP contribution in [-0.2, 0) is 4.79 Å². The fraction of sp³-hybridized carbons (Fsp3) is 0.846. The third-order valence-electron chi connectivity index (χ3n) is 4.04. The molecule has 0 spiro atoms. The number of hydrogen-bond acceptors (Lipinski definition) is 3. The molecule has 1 saturated carbocycles. The smallest absolute Gasteiger partial charge is 0.329 e. The fourth-order valence-corrected chi connectivity index (χ4v) is 4.08. The molecule has 3 N–H and O–H groups in total. The van der Waals surface area contributed by atoms with Crippen LogP contribution in [-0.4, -0.2) is 40.7 Å². The molecule has 0 radical (unpaired) electrons. The summed E-state index contributed by atoms with van der Waals surface area (Å²) in [7, 11) is 0. The number of hydrogen-bond donors (Lipinski definition) is 3. The van der Waals surface area contributed by atoms with Gasteiger partial charge in [0.1, 0.15) is 5.54 Å². The van der Waals surface area contributed by atoms with Crippen molar-refractivity contribution in [2.75, 3.05) is 18.1 Å². The van der Waals surface area contributed by atoms with Crippen LogP contribution in [0.2, 0.25) is 0 Å². The maximum Gasteiger partial charge on any atom is 0.329 e. The maximum absolute atomic E-state index is 11.9. The summed E-state index contributed by atoms with van der Waals surface area (Å²) in [4.78, 5) is 23.3. The monoisotopic (exact) mass is 286 g/mol. The summed E-state index contributed by atoms with van der Waals surface area (Å²) in [5, 5.41) is 14.9. The van der Waals surface area contributed by atoms with E-state index in [0.717, 1.165) is 37.2 Å². The molecule has 0 bridgehead atoms. The van der Waals surface area contributed by atoms with E-state index in [0.29, 0.717) is 25.3 Å². The van der Waals surface area contributed by atoms with Crippen LogP contribution < -0.4 is 10.6 Å². The first-order valence-electron chi connectivity index (χ1n) is 6.99. The number of urea groups is 1. The van der Waals surface area contributed by atoms with Gasteiger partial charge in [-0.15, -0.1) is 0 Å². The first kappa shape index (κ1) is 14.5. The third kappa shape index (κ3) is 3.78. The number of carbonyl (C=O) groups is 2. The van der Waals surface area contributed by atoms with Gasteiger partial charge in [-0.05, 0) is 36.7 Å². The van der Waals surface area contributed by atoms with Crippen LogP contribution in [0.4, 0.5) is 4.79 Å². The quantitative estimate of drug-likeness (QED) is 0.736. The number of carboxylic acid groups (broad SMARTS) is 1. The predicted molar refractivity (Wildman–Crippen MR) is 75.4 cm³/mol. The SMILES string of the molecule is O=C(NCC1CCSC1)NC1(C(=O)O)CCCCC1. The molecular weight excluding hydrogens is 264 g/mol. The van der Waals surface area contributed by atoms with Crippen molar-refractivity contribution < 1.29 is 14.7 Å². The molecule has 19 heavy (non-hydrogen) atoms. The highest BCUT2D eigenvalue weighted by molar-refractivity contribution is 7.99. The molecule has 1 unspecified atom stereocenters. The van der Waals surface area contributed by atoms with Crippen molar-refractivity contribution >= 4 is 23.8 Å². The van der Waals surface area contributed by atoms with Crippen molar-refractivity contribution in [3.8, 4) is 0 Å². The van der Waals surface area contributed by atoms with E-state index in [9.17, 15) is 14.7 Å². The molecule has 5 nitrogen and oxygen atoms in total. The van der Waals surface area contributed by atoms with E-state index < -0.39 is 11.5 Å². The summed E-state index contributed by atoms with van der Waals surface area (Å²) in [6.45, 7) is 0.647. The molecule has 0 aromatic rings.